The fourth-order valence-corrected chi connectivity index (χ4v) is 3.94. The van der Waals surface area contributed by atoms with Crippen molar-refractivity contribution < 1.29 is 13.9 Å². The number of hydrogen-bond donors (Lipinski definition) is 1. The zero-order valence-corrected chi connectivity index (χ0v) is 16.1. The molecule has 6 heteroatoms. The summed E-state index contributed by atoms with van der Waals surface area (Å²) in [6.45, 7) is 0. The van der Waals surface area contributed by atoms with Crippen molar-refractivity contribution in [1.29, 1.82) is 0 Å². The fraction of sp³-hybridized carbons (Fsp3) is 0.0952. The molecule has 5 nitrogen and oxygen atoms in total. The second-order valence-corrected chi connectivity index (χ2v) is 6.91. The SMILES string of the molecule is COc1ccc2cccc3c4[n+](=NC(=O)CBr)c5ccccc5[nH]c=4c1c23. The van der Waals surface area contributed by atoms with E-state index in [-0.39, 0.29) is 11.2 Å². The number of hydrogen-bond acceptors (Lipinski definition) is 2. The average Bonchev–Trinajstić information content (AvgIpc) is 3.04. The standard InChI is InChI=1S/C21H14BrN3O2/c1-27-16-10-9-12-5-4-6-13-18(12)19(16)20-21(13)25(24-17(26)11-22)15-8-3-2-7-14(15)23-20/h2-10H,11H2,1H3/p+1. The molecule has 1 N–H and O–H groups in total. The topological polar surface area (TPSA) is 60.4 Å². The van der Waals surface area contributed by atoms with Gasteiger partial charge in [-0.05, 0) is 27.9 Å². The third-order valence-corrected chi connectivity index (χ3v) is 5.38. The second-order valence-electron chi connectivity index (χ2n) is 6.35. The van der Waals surface area contributed by atoms with Crippen LogP contribution in [-0.2, 0) is 4.79 Å². The summed E-state index contributed by atoms with van der Waals surface area (Å²) in [6.07, 6.45) is 0. The summed E-state index contributed by atoms with van der Waals surface area (Å²) in [6, 6.07) is 18.0. The molecule has 1 aliphatic heterocycles. The van der Waals surface area contributed by atoms with Crippen molar-refractivity contribution in [3.05, 3.63) is 65.3 Å². The Kier molecular flexibility index (Phi) is 3.62. The molecule has 0 radical (unpaired) electrons. The number of aromatic amines is 1. The molecule has 1 amide bonds. The number of carbonyl (C=O) groups excluding carboxylic acids is 1. The van der Waals surface area contributed by atoms with E-state index in [4.69, 9.17) is 4.74 Å². The van der Waals surface area contributed by atoms with Crippen LogP contribution in [0.5, 0.6) is 5.75 Å². The first-order valence-corrected chi connectivity index (χ1v) is 9.66. The lowest BCUT2D eigenvalue weighted by atomic mass is 10.1. The van der Waals surface area contributed by atoms with Gasteiger partial charge in [-0.1, -0.05) is 46.3 Å². The Labute approximate surface area is 162 Å². The van der Waals surface area contributed by atoms with E-state index < -0.39 is 0 Å². The Balaban J connectivity index is 2.21. The van der Waals surface area contributed by atoms with Crippen molar-refractivity contribution in [3.8, 4) is 5.75 Å². The summed E-state index contributed by atoms with van der Waals surface area (Å²) in [5.41, 5.74) is 1.74. The molecule has 2 aliphatic rings. The maximum absolute atomic E-state index is 12.2. The summed E-state index contributed by atoms with van der Waals surface area (Å²) in [5, 5.41) is 10.6. The first-order chi connectivity index (χ1) is 13.2. The molecule has 1 aliphatic carbocycles. The van der Waals surface area contributed by atoms with E-state index in [2.05, 4.69) is 44.2 Å². The van der Waals surface area contributed by atoms with Crippen LogP contribution in [0.25, 0.3) is 32.6 Å². The van der Waals surface area contributed by atoms with Crippen LogP contribution in [0.15, 0.2) is 59.7 Å². The molecule has 0 saturated carbocycles. The van der Waals surface area contributed by atoms with E-state index >= 15 is 0 Å². The highest BCUT2D eigenvalue weighted by atomic mass is 79.9. The molecule has 0 fully saturated rings. The maximum atomic E-state index is 12.2. The Hall–Kier alpha value is -2.99. The van der Waals surface area contributed by atoms with Crippen LogP contribution >= 0.6 is 15.9 Å². The van der Waals surface area contributed by atoms with Gasteiger partial charge < -0.3 is 9.72 Å². The summed E-state index contributed by atoms with van der Waals surface area (Å²) < 4.78 is 7.40. The number of rotatable bonds is 2. The van der Waals surface area contributed by atoms with E-state index in [1.807, 2.05) is 36.4 Å². The van der Waals surface area contributed by atoms with Crippen molar-refractivity contribution in [1.82, 2.24) is 4.98 Å². The summed E-state index contributed by atoms with van der Waals surface area (Å²) >= 11 is 3.21. The van der Waals surface area contributed by atoms with Crippen molar-refractivity contribution in [2.45, 2.75) is 0 Å². The van der Waals surface area contributed by atoms with Crippen LogP contribution in [0.2, 0.25) is 0 Å². The summed E-state index contributed by atoms with van der Waals surface area (Å²) in [4.78, 5) is 15.7. The van der Waals surface area contributed by atoms with Crippen LogP contribution in [0.4, 0.5) is 0 Å². The first-order valence-electron chi connectivity index (χ1n) is 8.54. The molecular formula is C21H15BrN3O2+. The Morgan fingerprint density at radius 3 is 2.78 bits per heavy atom. The van der Waals surface area contributed by atoms with E-state index in [1.54, 1.807) is 11.5 Å². The molecule has 132 valence electrons. The number of fused-ring (bicyclic) bond motifs is 3. The van der Waals surface area contributed by atoms with E-state index in [0.717, 1.165) is 49.0 Å². The van der Waals surface area contributed by atoms with E-state index in [0.29, 0.717) is 0 Å². The maximum Gasteiger partial charge on any atom is 0.319 e. The molecule has 0 spiro atoms. The number of benzene rings is 3. The molecule has 27 heavy (non-hydrogen) atoms. The smallest absolute Gasteiger partial charge is 0.319 e. The number of aromatic nitrogens is 2. The Morgan fingerprint density at radius 2 is 1.96 bits per heavy atom. The zero-order chi connectivity index (χ0) is 18.5. The highest BCUT2D eigenvalue weighted by molar-refractivity contribution is 9.09. The van der Waals surface area contributed by atoms with Gasteiger partial charge in [-0.2, -0.15) is 0 Å². The highest BCUT2D eigenvalue weighted by Crippen LogP contribution is 2.36. The number of carbonyl (C=O) groups is 1. The number of para-hydroxylation sites is 2. The molecule has 3 aromatic rings. The average molecular weight is 421 g/mol. The van der Waals surface area contributed by atoms with Crippen molar-refractivity contribution in [2.75, 3.05) is 12.4 Å². The van der Waals surface area contributed by atoms with Gasteiger partial charge in [0.1, 0.15) is 16.6 Å². The molecule has 0 saturated heterocycles. The van der Waals surface area contributed by atoms with E-state index in [9.17, 15) is 4.79 Å². The van der Waals surface area contributed by atoms with Crippen molar-refractivity contribution in [3.63, 3.8) is 0 Å². The third kappa shape index (κ3) is 2.26. The third-order valence-electron chi connectivity index (χ3n) is 4.90. The summed E-state index contributed by atoms with van der Waals surface area (Å²) in [7, 11) is 1.67. The summed E-state index contributed by atoms with van der Waals surface area (Å²) in [5.74, 6) is 0.548. The van der Waals surface area contributed by atoms with Gasteiger partial charge in [0.2, 0.25) is 0 Å². The lowest BCUT2D eigenvalue weighted by molar-refractivity contribution is -0.523. The van der Waals surface area contributed by atoms with Crippen LogP contribution < -0.4 is 9.10 Å². The lowest BCUT2D eigenvalue weighted by Gasteiger charge is -2.04. The molecule has 0 bridgehead atoms. The monoisotopic (exact) mass is 420 g/mol. The highest BCUT2D eigenvalue weighted by Gasteiger charge is 2.22. The predicted molar refractivity (Wildman–Crippen MR) is 108 cm³/mol. The normalized spacial score (nSPS) is 12.6. The van der Waals surface area contributed by atoms with Gasteiger partial charge in [0, 0.05) is 16.6 Å². The zero-order valence-electron chi connectivity index (χ0n) is 14.5. The second kappa shape index (κ2) is 6.03. The number of alkyl halides is 1. The molecule has 0 aromatic heterocycles. The minimum Gasteiger partial charge on any atom is -0.496 e. The van der Waals surface area contributed by atoms with Gasteiger partial charge in [0.25, 0.3) is 10.9 Å². The number of H-pyrrole nitrogens is 1. The number of nitrogens with zero attached hydrogens (tertiary/aromatic N) is 2. The van der Waals surface area contributed by atoms with Gasteiger partial charge in [-0.25, -0.2) is 0 Å². The van der Waals surface area contributed by atoms with Crippen LogP contribution in [0, 0.1) is 10.7 Å². The van der Waals surface area contributed by atoms with E-state index in [1.165, 1.54) is 0 Å². The van der Waals surface area contributed by atoms with Gasteiger partial charge >= 0.3 is 5.91 Å². The quantitative estimate of drug-likeness (QED) is 0.344. The molecule has 3 aromatic carbocycles. The number of methoxy groups -OCH3 is 1. The minimum atomic E-state index is -0.242. The fourth-order valence-electron chi connectivity index (χ4n) is 3.83. The lowest BCUT2D eigenvalue weighted by Crippen LogP contribution is -2.23. The molecule has 0 unspecified atom stereocenters. The minimum absolute atomic E-state index is 0.169. The van der Waals surface area contributed by atoms with Gasteiger partial charge in [0.15, 0.2) is 0 Å². The molecular weight excluding hydrogens is 406 g/mol. The van der Waals surface area contributed by atoms with Gasteiger partial charge in [-0.3, -0.25) is 4.79 Å². The first kappa shape index (κ1) is 16.2. The Bertz CT molecular complexity index is 1470. The van der Waals surface area contributed by atoms with Crippen molar-refractivity contribution >= 4 is 54.4 Å². The number of halogens is 1. The number of amides is 1. The van der Waals surface area contributed by atoms with Crippen LogP contribution in [0.3, 0.4) is 0 Å². The van der Waals surface area contributed by atoms with Crippen LogP contribution in [-0.4, -0.2) is 23.3 Å². The Morgan fingerprint density at radius 1 is 1.11 bits per heavy atom. The molecule has 0 atom stereocenters. The van der Waals surface area contributed by atoms with Crippen LogP contribution in [0.1, 0.15) is 0 Å². The number of ether oxygens (including phenoxy) is 1. The predicted octanol–water partition coefficient (Wildman–Crippen LogP) is 4.17. The molecule has 1 heterocycles. The van der Waals surface area contributed by atoms with Gasteiger partial charge in [-0.15, -0.1) is 0 Å². The largest absolute Gasteiger partial charge is 0.496 e. The number of nitrogens with one attached hydrogen (secondary N) is 1. The van der Waals surface area contributed by atoms with Gasteiger partial charge in [0.05, 0.1) is 23.2 Å². The van der Waals surface area contributed by atoms with Crippen molar-refractivity contribution in [2.24, 2.45) is 5.11 Å². The molecule has 5 rings (SSSR count).